The molecule has 1 fully saturated rings. The fraction of sp³-hybridized carbons (Fsp3) is 0.857. The Morgan fingerprint density at radius 1 is 1.24 bits per heavy atom. The van der Waals surface area contributed by atoms with Gasteiger partial charge in [-0.3, -0.25) is 4.99 Å². The molecule has 7 heteroatoms. The molecule has 0 spiro atoms. The van der Waals surface area contributed by atoms with E-state index in [0.29, 0.717) is 12.8 Å². The van der Waals surface area contributed by atoms with E-state index in [1.807, 2.05) is 0 Å². The number of hydrogen-bond donors (Lipinski definition) is 2. The van der Waals surface area contributed by atoms with E-state index in [-0.39, 0.29) is 5.71 Å². The highest BCUT2D eigenvalue weighted by Gasteiger charge is 2.65. The van der Waals surface area contributed by atoms with E-state index in [1.54, 1.807) is 0 Å². The Morgan fingerprint density at radius 3 is 2.29 bits per heavy atom. The molecule has 1 heterocycles. The SMILES string of the molecule is CC1=NC(O)(C2CCCCC2)CC(O)(C(F)(F)F)C1C#N. The van der Waals surface area contributed by atoms with Crippen LogP contribution >= 0.6 is 0 Å². The molecular formula is C14H19F3N2O2. The van der Waals surface area contributed by atoms with Crippen LogP contribution in [0.15, 0.2) is 4.99 Å². The number of halogens is 3. The lowest BCUT2D eigenvalue weighted by molar-refractivity contribution is -0.288. The molecule has 2 N–H and O–H groups in total. The van der Waals surface area contributed by atoms with Crippen molar-refractivity contribution in [3.8, 4) is 6.07 Å². The van der Waals surface area contributed by atoms with Crippen LogP contribution in [0.2, 0.25) is 0 Å². The lowest BCUT2D eigenvalue weighted by atomic mass is 9.70. The highest BCUT2D eigenvalue weighted by molar-refractivity contribution is 5.89. The van der Waals surface area contributed by atoms with Crippen LogP contribution in [-0.2, 0) is 0 Å². The Balaban J connectivity index is 2.43. The molecule has 21 heavy (non-hydrogen) atoms. The van der Waals surface area contributed by atoms with Gasteiger partial charge < -0.3 is 10.2 Å². The standard InChI is InChI=1S/C14H19F3N2O2/c1-9-11(7-18)12(20,14(15,16)17)8-13(21,19-9)10-5-3-2-4-6-10/h10-11,20-21H,2-6,8H2,1H3. The average molecular weight is 304 g/mol. The minimum absolute atomic E-state index is 0.156. The van der Waals surface area contributed by atoms with Gasteiger partial charge in [0, 0.05) is 18.1 Å². The van der Waals surface area contributed by atoms with E-state index in [2.05, 4.69) is 4.99 Å². The number of rotatable bonds is 1. The third-order valence-electron chi connectivity index (χ3n) is 4.67. The molecule has 2 rings (SSSR count). The minimum atomic E-state index is -4.99. The lowest BCUT2D eigenvalue weighted by Crippen LogP contribution is -2.61. The van der Waals surface area contributed by atoms with Gasteiger partial charge in [-0.15, -0.1) is 0 Å². The molecule has 0 aromatic rings. The number of hydrogen-bond acceptors (Lipinski definition) is 4. The Bertz CT molecular complexity index is 480. The molecule has 3 unspecified atom stereocenters. The van der Waals surface area contributed by atoms with Crippen LogP contribution in [0.25, 0.3) is 0 Å². The van der Waals surface area contributed by atoms with Crippen LogP contribution in [0.3, 0.4) is 0 Å². The number of nitrogens with zero attached hydrogens (tertiary/aromatic N) is 2. The van der Waals surface area contributed by atoms with Gasteiger partial charge in [-0.2, -0.15) is 18.4 Å². The third kappa shape index (κ3) is 2.67. The molecule has 3 atom stereocenters. The van der Waals surface area contributed by atoms with Gasteiger partial charge in [0.2, 0.25) is 0 Å². The van der Waals surface area contributed by atoms with E-state index in [9.17, 15) is 23.4 Å². The van der Waals surface area contributed by atoms with Crippen LogP contribution < -0.4 is 0 Å². The van der Waals surface area contributed by atoms with Gasteiger partial charge in [-0.25, -0.2) is 0 Å². The van der Waals surface area contributed by atoms with Crippen molar-refractivity contribution in [3.05, 3.63) is 0 Å². The predicted molar refractivity (Wildman–Crippen MR) is 69.4 cm³/mol. The first kappa shape index (κ1) is 16.2. The van der Waals surface area contributed by atoms with Gasteiger partial charge in [0.15, 0.2) is 11.3 Å². The van der Waals surface area contributed by atoms with E-state index < -0.39 is 35.8 Å². The summed E-state index contributed by atoms with van der Waals surface area (Å²) in [5.74, 6) is -2.18. The fourth-order valence-corrected chi connectivity index (χ4v) is 3.52. The molecule has 1 aliphatic heterocycles. The quantitative estimate of drug-likeness (QED) is 0.781. The van der Waals surface area contributed by atoms with Crippen LogP contribution in [-0.4, -0.2) is 33.4 Å². The highest BCUT2D eigenvalue weighted by atomic mass is 19.4. The van der Waals surface area contributed by atoms with Crippen molar-refractivity contribution >= 4 is 5.71 Å². The minimum Gasteiger partial charge on any atom is -0.379 e. The Morgan fingerprint density at radius 2 is 1.81 bits per heavy atom. The monoisotopic (exact) mass is 304 g/mol. The number of alkyl halides is 3. The molecular weight excluding hydrogens is 285 g/mol. The summed E-state index contributed by atoms with van der Waals surface area (Å²) in [4.78, 5) is 3.99. The van der Waals surface area contributed by atoms with Crippen molar-refractivity contribution in [1.29, 1.82) is 5.26 Å². The Labute approximate surface area is 121 Å². The summed E-state index contributed by atoms with van der Waals surface area (Å²) in [6, 6.07) is 1.48. The molecule has 0 saturated heterocycles. The topological polar surface area (TPSA) is 76.6 Å². The molecule has 1 saturated carbocycles. The maximum atomic E-state index is 13.3. The molecule has 4 nitrogen and oxygen atoms in total. The predicted octanol–water partition coefficient (Wildman–Crippen LogP) is 2.55. The summed E-state index contributed by atoms with van der Waals surface area (Å²) in [5, 5.41) is 29.7. The summed E-state index contributed by atoms with van der Waals surface area (Å²) < 4.78 is 39.8. The summed E-state index contributed by atoms with van der Waals surface area (Å²) in [5.41, 5.74) is -5.35. The number of aliphatic hydroxyl groups is 2. The Kier molecular flexibility index (Phi) is 4.06. The largest absolute Gasteiger partial charge is 0.419 e. The van der Waals surface area contributed by atoms with Crippen molar-refractivity contribution in [2.75, 3.05) is 0 Å². The normalized spacial score (nSPS) is 38.7. The molecule has 0 aromatic heterocycles. The summed E-state index contributed by atoms with van der Waals surface area (Å²) >= 11 is 0. The van der Waals surface area contributed by atoms with E-state index in [1.165, 1.54) is 13.0 Å². The second-order valence-electron chi connectivity index (χ2n) is 6.13. The lowest BCUT2D eigenvalue weighted by Gasteiger charge is -2.46. The zero-order valence-corrected chi connectivity index (χ0v) is 11.8. The molecule has 0 radical (unpaired) electrons. The molecule has 1 aliphatic carbocycles. The fourth-order valence-electron chi connectivity index (χ4n) is 3.52. The van der Waals surface area contributed by atoms with Crippen LogP contribution in [0, 0.1) is 23.2 Å². The van der Waals surface area contributed by atoms with E-state index >= 15 is 0 Å². The zero-order chi connectivity index (χ0) is 15.9. The molecule has 0 aromatic carbocycles. The zero-order valence-electron chi connectivity index (χ0n) is 11.8. The molecule has 0 amide bonds. The van der Waals surface area contributed by atoms with Crippen LogP contribution in [0.4, 0.5) is 13.2 Å². The summed E-state index contributed by atoms with van der Waals surface area (Å²) in [6.07, 6.45) is -2.16. The maximum Gasteiger partial charge on any atom is 0.419 e. The van der Waals surface area contributed by atoms with Crippen LogP contribution in [0.5, 0.6) is 0 Å². The Hall–Kier alpha value is -1.13. The average Bonchev–Trinajstić information content (AvgIpc) is 2.38. The molecule has 0 bridgehead atoms. The van der Waals surface area contributed by atoms with Gasteiger partial charge in [0.1, 0.15) is 5.92 Å². The van der Waals surface area contributed by atoms with Gasteiger partial charge in [-0.05, 0) is 19.8 Å². The van der Waals surface area contributed by atoms with Gasteiger partial charge in [0.05, 0.1) is 6.07 Å². The van der Waals surface area contributed by atoms with Crippen LogP contribution in [0.1, 0.15) is 45.4 Å². The van der Waals surface area contributed by atoms with Gasteiger partial charge in [0.25, 0.3) is 0 Å². The van der Waals surface area contributed by atoms with E-state index in [4.69, 9.17) is 5.26 Å². The number of nitriles is 1. The first-order chi connectivity index (χ1) is 9.64. The highest BCUT2D eigenvalue weighted by Crippen LogP contribution is 2.49. The van der Waals surface area contributed by atoms with Crippen molar-refractivity contribution < 1.29 is 23.4 Å². The molecule has 118 valence electrons. The first-order valence-corrected chi connectivity index (χ1v) is 7.11. The van der Waals surface area contributed by atoms with Gasteiger partial charge in [-0.1, -0.05) is 19.3 Å². The van der Waals surface area contributed by atoms with Crippen molar-refractivity contribution in [2.45, 2.75) is 63.0 Å². The second kappa shape index (κ2) is 5.25. The molecule has 2 aliphatic rings. The summed E-state index contributed by atoms with van der Waals surface area (Å²) in [7, 11) is 0. The first-order valence-electron chi connectivity index (χ1n) is 7.11. The third-order valence-corrected chi connectivity index (χ3v) is 4.67. The second-order valence-corrected chi connectivity index (χ2v) is 6.13. The smallest absolute Gasteiger partial charge is 0.379 e. The summed E-state index contributed by atoms with van der Waals surface area (Å²) in [6.45, 7) is 1.26. The van der Waals surface area contributed by atoms with Crippen molar-refractivity contribution in [1.82, 2.24) is 0 Å². The number of aliphatic imine (C=N–C) groups is 1. The van der Waals surface area contributed by atoms with E-state index in [0.717, 1.165) is 19.3 Å². The maximum absolute atomic E-state index is 13.3. The van der Waals surface area contributed by atoms with Crippen molar-refractivity contribution in [3.63, 3.8) is 0 Å². The van der Waals surface area contributed by atoms with Crippen molar-refractivity contribution in [2.24, 2.45) is 16.8 Å². The van der Waals surface area contributed by atoms with Gasteiger partial charge >= 0.3 is 6.18 Å².